The van der Waals surface area contributed by atoms with Crippen molar-refractivity contribution in [3.05, 3.63) is 34.9 Å². The van der Waals surface area contributed by atoms with Crippen LogP contribution in [-0.4, -0.2) is 41.5 Å². The Hall–Kier alpha value is -0.900. The molecule has 104 valence electrons. The summed E-state index contributed by atoms with van der Waals surface area (Å²) in [4.78, 5) is 14.4. The molecule has 1 aromatic carbocycles. The molecular weight excluding hydrogens is 262 g/mol. The highest BCUT2D eigenvalue weighted by Crippen LogP contribution is 2.25. The summed E-state index contributed by atoms with van der Waals surface area (Å²) < 4.78 is 0. The van der Waals surface area contributed by atoms with Crippen LogP contribution < -0.4 is 0 Å². The van der Waals surface area contributed by atoms with Gasteiger partial charge in [-0.05, 0) is 25.0 Å². The van der Waals surface area contributed by atoms with Gasteiger partial charge >= 0.3 is 0 Å². The molecule has 2 rings (SSSR count). The second kappa shape index (κ2) is 7.04. The van der Waals surface area contributed by atoms with Crippen LogP contribution in [-0.2, 0) is 0 Å². The number of aliphatic hydroxyl groups is 1. The van der Waals surface area contributed by atoms with Crippen molar-refractivity contribution < 1.29 is 9.90 Å². The lowest BCUT2D eigenvalue weighted by molar-refractivity contribution is 0.0841. The normalized spacial score (nSPS) is 15.5. The minimum atomic E-state index is 0.0767. The van der Waals surface area contributed by atoms with E-state index in [2.05, 4.69) is 4.90 Å². The van der Waals surface area contributed by atoms with Crippen LogP contribution >= 0.6 is 11.6 Å². The van der Waals surface area contributed by atoms with E-state index < -0.39 is 0 Å². The van der Waals surface area contributed by atoms with Crippen molar-refractivity contribution >= 4 is 17.4 Å². The monoisotopic (exact) mass is 281 g/mol. The molecule has 0 unspecified atom stereocenters. The third-order valence-corrected chi connectivity index (χ3v) is 4.11. The number of nitrogens with zero attached hydrogens (tertiary/aromatic N) is 1. The number of Topliss-reactive ketones (excluding diaryl/α,β-unsaturated/α-hetero) is 1. The molecule has 1 fully saturated rings. The third-order valence-electron chi connectivity index (χ3n) is 3.78. The van der Waals surface area contributed by atoms with Crippen LogP contribution in [0, 0.1) is 0 Å². The molecule has 0 aromatic heterocycles. The number of ketones is 1. The van der Waals surface area contributed by atoms with Crippen LogP contribution in [0.15, 0.2) is 24.3 Å². The van der Waals surface area contributed by atoms with Gasteiger partial charge in [-0.2, -0.15) is 0 Å². The summed E-state index contributed by atoms with van der Waals surface area (Å²) in [6.45, 7) is 1.51. The Morgan fingerprint density at radius 3 is 2.63 bits per heavy atom. The minimum Gasteiger partial charge on any atom is -0.395 e. The van der Waals surface area contributed by atoms with Gasteiger partial charge in [-0.1, -0.05) is 30.2 Å². The Labute approximate surface area is 119 Å². The van der Waals surface area contributed by atoms with Crippen molar-refractivity contribution in [2.24, 2.45) is 0 Å². The van der Waals surface area contributed by atoms with E-state index in [0.717, 1.165) is 0 Å². The van der Waals surface area contributed by atoms with Gasteiger partial charge in [0.2, 0.25) is 0 Å². The van der Waals surface area contributed by atoms with E-state index in [0.29, 0.717) is 36.1 Å². The molecule has 0 spiro atoms. The quantitative estimate of drug-likeness (QED) is 0.781. The van der Waals surface area contributed by atoms with Crippen molar-refractivity contribution in [2.75, 3.05) is 19.7 Å². The first-order chi connectivity index (χ1) is 9.22. The van der Waals surface area contributed by atoms with Crippen LogP contribution in [0.1, 0.15) is 36.0 Å². The van der Waals surface area contributed by atoms with Crippen LogP contribution in [0.3, 0.4) is 0 Å². The van der Waals surface area contributed by atoms with E-state index in [9.17, 15) is 4.79 Å². The zero-order chi connectivity index (χ0) is 13.7. The zero-order valence-corrected chi connectivity index (χ0v) is 11.8. The van der Waals surface area contributed by atoms with E-state index in [1.54, 1.807) is 12.1 Å². The van der Waals surface area contributed by atoms with E-state index >= 15 is 0 Å². The molecule has 0 radical (unpaired) electrons. The maximum atomic E-state index is 12.1. The highest BCUT2D eigenvalue weighted by molar-refractivity contribution is 6.33. The maximum absolute atomic E-state index is 12.1. The van der Waals surface area contributed by atoms with E-state index in [-0.39, 0.29) is 12.4 Å². The summed E-state index contributed by atoms with van der Waals surface area (Å²) in [7, 11) is 0. The van der Waals surface area contributed by atoms with E-state index in [1.807, 2.05) is 12.1 Å². The number of hydrogen-bond acceptors (Lipinski definition) is 3. The molecule has 3 nitrogen and oxygen atoms in total. The van der Waals surface area contributed by atoms with Gasteiger partial charge in [-0.3, -0.25) is 9.69 Å². The summed E-state index contributed by atoms with van der Waals surface area (Å²) in [5.74, 6) is 0.0767. The average molecular weight is 282 g/mol. The molecule has 1 N–H and O–H groups in total. The second-order valence-corrected chi connectivity index (χ2v) is 5.40. The lowest BCUT2D eigenvalue weighted by Gasteiger charge is -2.37. The fraction of sp³-hybridized carbons (Fsp3) is 0.533. The number of aliphatic hydroxyl groups excluding tert-OH is 1. The second-order valence-electron chi connectivity index (χ2n) is 5.00. The smallest absolute Gasteiger partial charge is 0.165 e. The lowest BCUT2D eigenvalue weighted by Crippen LogP contribution is -2.42. The highest BCUT2D eigenvalue weighted by Gasteiger charge is 2.24. The summed E-state index contributed by atoms with van der Waals surface area (Å²) in [6, 6.07) is 7.71. The molecule has 4 heteroatoms. The molecule has 0 saturated heterocycles. The van der Waals surface area contributed by atoms with Crippen molar-refractivity contribution in [1.82, 2.24) is 4.90 Å². The number of carbonyl (C=O) groups is 1. The Kier molecular flexibility index (Phi) is 5.37. The van der Waals surface area contributed by atoms with Crippen LogP contribution in [0.4, 0.5) is 0 Å². The SMILES string of the molecule is O=C(CCN(CCO)C1CCC1)c1ccccc1Cl. The molecule has 19 heavy (non-hydrogen) atoms. The number of benzene rings is 1. The summed E-state index contributed by atoms with van der Waals surface area (Å²) in [6.07, 6.45) is 4.08. The lowest BCUT2D eigenvalue weighted by atomic mass is 9.91. The molecule has 0 amide bonds. The first kappa shape index (κ1) is 14.5. The number of halogens is 1. The standard InChI is InChI=1S/C15H20ClNO2/c16-14-7-2-1-6-13(14)15(19)8-9-17(10-11-18)12-4-3-5-12/h1-2,6-7,12,18H,3-5,8-11H2. The molecule has 0 heterocycles. The van der Waals surface area contributed by atoms with Gasteiger partial charge in [0.1, 0.15) is 0 Å². The topological polar surface area (TPSA) is 40.5 Å². The predicted molar refractivity (Wildman–Crippen MR) is 76.7 cm³/mol. The Balaban J connectivity index is 1.89. The molecule has 0 atom stereocenters. The fourth-order valence-corrected chi connectivity index (χ4v) is 2.67. The summed E-state index contributed by atoms with van der Waals surface area (Å²) >= 11 is 6.02. The van der Waals surface area contributed by atoms with E-state index in [1.165, 1.54) is 19.3 Å². The molecule has 1 saturated carbocycles. The van der Waals surface area contributed by atoms with Crippen LogP contribution in [0.25, 0.3) is 0 Å². The first-order valence-electron chi connectivity index (χ1n) is 6.85. The van der Waals surface area contributed by atoms with Crippen molar-refractivity contribution in [1.29, 1.82) is 0 Å². The van der Waals surface area contributed by atoms with Gasteiger partial charge in [0, 0.05) is 31.1 Å². The Morgan fingerprint density at radius 1 is 1.32 bits per heavy atom. The van der Waals surface area contributed by atoms with E-state index in [4.69, 9.17) is 16.7 Å². The van der Waals surface area contributed by atoms with Crippen molar-refractivity contribution in [2.45, 2.75) is 31.7 Å². The number of carbonyl (C=O) groups excluding carboxylic acids is 1. The first-order valence-corrected chi connectivity index (χ1v) is 7.23. The van der Waals surface area contributed by atoms with Gasteiger partial charge in [0.25, 0.3) is 0 Å². The number of rotatable bonds is 7. The van der Waals surface area contributed by atoms with Crippen molar-refractivity contribution in [3.8, 4) is 0 Å². The summed E-state index contributed by atoms with van der Waals surface area (Å²) in [5, 5.41) is 9.60. The molecular formula is C15H20ClNO2. The molecule has 0 aliphatic heterocycles. The van der Waals surface area contributed by atoms with Gasteiger partial charge in [0.15, 0.2) is 5.78 Å². The Bertz CT molecular complexity index is 432. The zero-order valence-electron chi connectivity index (χ0n) is 11.0. The largest absolute Gasteiger partial charge is 0.395 e. The van der Waals surface area contributed by atoms with Crippen LogP contribution in [0.2, 0.25) is 5.02 Å². The average Bonchev–Trinajstić information content (AvgIpc) is 2.34. The van der Waals surface area contributed by atoms with Gasteiger partial charge in [0.05, 0.1) is 11.6 Å². The minimum absolute atomic E-state index is 0.0767. The van der Waals surface area contributed by atoms with Gasteiger partial charge in [-0.25, -0.2) is 0 Å². The predicted octanol–water partition coefficient (Wildman–Crippen LogP) is 2.76. The molecule has 1 aliphatic carbocycles. The highest BCUT2D eigenvalue weighted by atomic mass is 35.5. The fourth-order valence-electron chi connectivity index (χ4n) is 2.42. The van der Waals surface area contributed by atoms with Crippen LogP contribution in [0.5, 0.6) is 0 Å². The third kappa shape index (κ3) is 3.78. The molecule has 1 aromatic rings. The maximum Gasteiger partial charge on any atom is 0.165 e. The van der Waals surface area contributed by atoms with Crippen molar-refractivity contribution in [3.63, 3.8) is 0 Å². The summed E-state index contributed by atoms with van der Waals surface area (Å²) in [5.41, 5.74) is 0.599. The molecule has 0 bridgehead atoms. The Morgan fingerprint density at radius 2 is 2.05 bits per heavy atom. The van der Waals surface area contributed by atoms with Gasteiger partial charge in [-0.15, -0.1) is 0 Å². The molecule has 1 aliphatic rings. The van der Waals surface area contributed by atoms with Gasteiger partial charge < -0.3 is 5.11 Å². The number of hydrogen-bond donors (Lipinski definition) is 1.